The predicted molar refractivity (Wildman–Crippen MR) is 145 cm³/mol. The van der Waals surface area contributed by atoms with Gasteiger partial charge in [-0.25, -0.2) is 4.39 Å². The number of amidine groups is 1. The molecule has 1 aliphatic rings. The molecule has 37 heavy (non-hydrogen) atoms. The maximum atomic E-state index is 13.4. The number of benzene rings is 2. The van der Waals surface area contributed by atoms with Gasteiger partial charge >= 0.3 is 0 Å². The number of carbonyl (C=O) groups excluding carboxylic acids is 2. The van der Waals surface area contributed by atoms with E-state index in [0.717, 1.165) is 29.5 Å². The van der Waals surface area contributed by atoms with Gasteiger partial charge in [0.05, 0.1) is 12.7 Å². The lowest BCUT2D eigenvalue weighted by Gasteiger charge is -2.20. The first-order chi connectivity index (χ1) is 17.9. The van der Waals surface area contributed by atoms with Crippen LogP contribution in [0.4, 0.5) is 4.39 Å². The van der Waals surface area contributed by atoms with E-state index in [9.17, 15) is 14.0 Å². The fourth-order valence-corrected chi connectivity index (χ4v) is 4.20. The molecule has 0 heterocycles. The minimum Gasteiger partial charge on any atom is -0.496 e. The molecule has 0 radical (unpaired) electrons. The molecule has 0 aromatic heterocycles. The molecule has 0 saturated heterocycles. The van der Waals surface area contributed by atoms with Crippen molar-refractivity contribution < 1.29 is 18.7 Å². The van der Waals surface area contributed by atoms with E-state index < -0.39 is 18.6 Å². The largest absolute Gasteiger partial charge is 0.496 e. The first kappa shape index (κ1) is 27.9. The van der Waals surface area contributed by atoms with E-state index in [0.29, 0.717) is 29.3 Å². The maximum Gasteiger partial charge on any atom is 0.255 e. The zero-order valence-electron chi connectivity index (χ0n) is 20.8. The average Bonchev–Trinajstić information content (AvgIpc) is 2.93. The molecule has 3 rings (SSSR count). The van der Waals surface area contributed by atoms with Gasteiger partial charge in [-0.05, 0) is 66.6 Å². The molecule has 0 aliphatic heterocycles. The Balaban J connectivity index is 1.74. The van der Waals surface area contributed by atoms with Gasteiger partial charge in [-0.3, -0.25) is 15.0 Å². The monoisotopic (exact) mass is 526 g/mol. The number of halogens is 2. The summed E-state index contributed by atoms with van der Waals surface area (Å²) in [6.07, 6.45) is 8.66. The second-order valence-corrected chi connectivity index (χ2v) is 9.07. The molecular formula is C28H32ClFN4O3. The first-order valence-electron chi connectivity index (χ1n) is 12.2. The Morgan fingerprint density at radius 3 is 2.73 bits per heavy atom. The van der Waals surface area contributed by atoms with Crippen LogP contribution >= 0.6 is 11.6 Å². The summed E-state index contributed by atoms with van der Waals surface area (Å²) >= 11 is 6.04. The van der Waals surface area contributed by atoms with Crippen LogP contribution in [0.25, 0.3) is 5.57 Å². The molecule has 1 aliphatic carbocycles. The summed E-state index contributed by atoms with van der Waals surface area (Å²) in [5.41, 5.74) is 3.20. The summed E-state index contributed by atoms with van der Waals surface area (Å²) in [6, 6.07) is 11.8. The summed E-state index contributed by atoms with van der Waals surface area (Å²) in [6.45, 7) is -0.336. The van der Waals surface area contributed by atoms with Gasteiger partial charge in [0.2, 0.25) is 5.91 Å². The Kier molecular flexibility index (Phi) is 10.7. The number of alkyl halides is 1. The average molecular weight is 527 g/mol. The highest BCUT2D eigenvalue weighted by molar-refractivity contribution is 6.30. The van der Waals surface area contributed by atoms with Crippen LogP contribution in [-0.4, -0.2) is 44.0 Å². The molecular weight excluding hydrogens is 495 g/mol. The van der Waals surface area contributed by atoms with Gasteiger partial charge in [0.25, 0.3) is 5.91 Å². The smallest absolute Gasteiger partial charge is 0.255 e. The third kappa shape index (κ3) is 8.46. The van der Waals surface area contributed by atoms with E-state index in [1.54, 1.807) is 30.3 Å². The van der Waals surface area contributed by atoms with Crippen molar-refractivity contribution in [3.8, 4) is 5.75 Å². The molecule has 7 nitrogen and oxygen atoms in total. The van der Waals surface area contributed by atoms with Crippen molar-refractivity contribution in [3.05, 3.63) is 82.4 Å². The van der Waals surface area contributed by atoms with Crippen molar-refractivity contribution in [2.45, 2.75) is 38.3 Å². The SMILES string of the molecule is COc1ccc(C2=CC=CCC2)cc1C(=O)N[C@@H](CCCNC(=N)CF)C(=O)NCc1cccc(Cl)c1. The van der Waals surface area contributed by atoms with Crippen molar-refractivity contribution in [2.75, 3.05) is 20.3 Å². The molecule has 0 fully saturated rings. The van der Waals surface area contributed by atoms with Crippen molar-refractivity contribution >= 4 is 34.8 Å². The van der Waals surface area contributed by atoms with Gasteiger partial charge in [0.15, 0.2) is 0 Å². The highest BCUT2D eigenvalue weighted by Crippen LogP contribution is 2.28. The number of hydrogen-bond donors (Lipinski definition) is 4. The number of methoxy groups -OCH3 is 1. The molecule has 1 atom stereocenters. The van der Waals surface area contributed by atoms with Crippen LogP contribution in [0.5, 0.6) is 5.75 Å². The molecule has 0 saturated carbocycles. The molecule has 9 heteroatoms. The van der Waals surface area contributed by atoms with Crippen LogP contribution in [-0.2, 0) is 11.3 Å². The van der Waals surface area contributed by atoms with E-state index in [4.69, 9.17) is 21.7 Å². The molecule has 2 aromatic carbocycles. The highest BCUT2D eigenvalue weighted by Gasteiger charge is 2.23. The van der Waals surface area contributed by atoms with Crippen LogP contribution in [0.15, 0.2) is 60.7 Å². The minimum atomic E-state index is -0.886. The van der Waals surface area contributed by atoms with E-state index in [-0.39, 0.29) is 24.7 Å². The minimum absolute atomic E-state index is 0.223. The fraction of sp³-hybridized carbons (Fsp3) is 0.321. The van der Waals surface area contributed by atoms with E-state index in [1.807, 2.05) is 24.3 Å². The molecule has 4 N–H and O–H groups in total. The zero-order chi connectivity index (χ0) is 26.6. The number of amides is 2. The van der Waals surface area contributed by atoms with Crippen LogP contribution in [0.2, 0.25) is 5.02 Å². The standard InChI is InChI=1S/C28H32ClFN4O3/c1-37-25-13-12-21(20-8-3-2-4-9-20)16-23(25)27(35)34-24(11-6-14-32-26(31)17-30)28(36)33-18-19-7-5-10-22(29)15-19/h2-3,5,7-8,10,12-13,15-16,24H,4,6,9,11,14,17-18H2,1H3,(H2,31,32)(H,33,36)(H,34,35)/t24-/m0/s1. The normalized spacial score (nSPS) is 13.3. The topological polar surface area (TPSA) is 103 Å². The number of rotatable bonds is 12. The molecule has 2 aromatic rings. The Bertz CT molecular complexity index is 1180. The molecule has 196 valence electrons. The van der Waals surface area contributed by atoms with Crippen molar-refractivity contribution in [1.29, 1.82) is 5.41 Å². The van der Waals surface area contributed by atoms with Gasteiger partial charge < -0.3 is 20.7 Å². The summed E-state index contributed by atoms with van der Waals surface area (Å²) in [4.78, 5) is 26.5. The third-order valence-electron chi connectivity index (χ3n) is 5.95. The van der Waals surface area contributed by atoms with Gasteiger partial charge in [-0.1, -0.05) is 48.0 Å². The van der Waals surface area contributed by atoms with Crippen LogP contribution in [0.1, 0.15) is 47.2 Å². The lowest BCUT2D eigenvalue weighted by Crippen LogP contribution is -2.47. The van der Waals surface area contributed by atoms with Crippen molar-refractivity contribution in [1.82, 2.24) is 16.0 Å². The van der Waals surface area contributed by atoms with E-state index in [1.165, 1.54) is 7.11 Å². The fourth-order valence-electron chi connectivity index (χ4n) is 3.99. The van der Waals surface area contributed by atoms with Crippen LogP contribution < -0.4 is 20.7 Å². The Hall–Kier alpha value is -3.65. The van der Waals surface area contributed by atoms with Crippen molar-refractivity contribution in [3.63, 3.8) is 0 Å². The lowest BCUT2D eigenvalue weighted by atomic mass is 9.95. The Morgan fingerprint density at radius 1 is 1.19 bits per heavy atom. The van der Waals surface area contributed by atoms with E-state index in [2.05, 4.69) is 22.0 Å². The summed E-state index contributed by atoms with van der Waals surface area (Å²) in [5, 5.41) is 16.3. The second kappa shape index (κ2) is 14.2. The Morgan fingerprint density at radius 2 is 2.03 bits per heavy atom. The quantitative estimate of drug-likeness (QED) is 0.181. The molecule has 2 amide bonds. The summed E-state index contributed by atoms with van der Waals surface area (Å²) in [7, 11) is 1.50. The summed E-state index contributed by atoms with van der Waals surface area (Å²) < 4.78 is 18.0. The summed E-state index contributed by atoms with van der Waals surface area (Å²) in [5.74, 6) is -0.606. The van der Waals surface area contributed by atoms with Crippen LogP contribution in [0, 0.1) is 5.41 Å². The molecule has 0 bridgehead atoms. The lowest BCUT2D eigenvalue weighted by molar-refractivity contribution is -0.123. The Labute approximate surface area is 221 Å². The van der Waals surface area contributed by atoms with Gasteiger partial charge in [-0.2, -0.15) is 0 Å². The first-order valence-corrected chi connectivity index (χ1v) is 12.5. The highest BCUT2D eigenvalue weighted by atomic mass is 35.5. The number of hydrogen-bond acceptors (Lipinski definition) is 4. The molecule has 0 spiro atoms. The molecule has 0 unspecified atom stereocenters. The number of nitrogens with one attached hydrogen (secondary N) is 4. The number of carbonyl (C=O) groups is 2. The van der Waals surface area contributed by atoms with Gasteiger partial charge in [0, 0.05) is 18.1 Å². The second-order valence-electron chi connectivity index (χ2n) is 8.63. The van der Waals surface area contributed by atoms with Gasteiger partial charge in [0.1, 0.15) is 24.3 Å². The zero-order valence-corrected chi connectivity index (χ0v) is 21.5. The van der Waals surface area contributed by atoms with Crippen molar-refractivity contribution in [2.24, 2.45) is 0 Å². The van der Waals surface area contributed by atoms with E-state index >= 15 is 0 Å². The van der Waals surface area contributed by atoms with Gasteiger partial charge in [-0.15, -0.1) is 0 Å². The predicted octanol–water partition coefficient (Wildman–Crippen LogP) is 4.81. The van der Waals surface area contributed by atoms with Crippen LogP contribution in [0.3, 0.4) is 0 Å². The number of allylic oxidation sites excluding steroid dienone is 4. The maximum absolute atomic E-state index is 13.4. The number of ether oxygens (including phenoxy) is 1. The third-order valence-corrected chi connectivity index (χ3v) is 6.18.